The molecule has 0 fully saturated rings. The Hall–Kier alpha value is -1.88. The third-order valence-electron chi connectivity index (χ3n) is 3.26. The van der Waals surface area contributed by atoms with Crippen LogP contribution in [0.1, 0.15) is 20.3 Å². The summed E-state index contributed by atoms with van der Waals surface area (Å²) in [6.07, 6.45) is 1.81. The van der Waals surface area contributed by atoms with E-state index in [0.717, 1.165) is 11.2 Å². The van der Waals surface area contributed by atoms with Crippen LogP contribution < -0.4 is 10.6 Å². The monoisotopic (exact) mass is 261 g/mol. The van der Waals surface area contributed by atoms with E-state index in [1.165, 1.54) is 6.39 Å². The van der Waals surface area contributed by atoms with Gasteiger partial charge < -0.3 is 15.1 Å². The number of aromatic nitrogens is 1. The number of carbonyl (C=O) groups is 1. The summed E-state index contributed by atoms with van der Waals surface area (Å²) in [7, 11) is 1.76. The summed E-state index contributed by atoms with van der Waals surface area (Å²) < 4.78 is 5.24. The van der Waals surface area contributed by atoms with Gasteiger partial charge in [-0.05, 0) is 24.1 Å². The molecular weight excluding hydrogens is 242 g/mol. The summed E-state index contributed by atoms with van der Waals surface area (Å²) in [5, 5.41) is 0. The summed E-state index contributed by atoms with van der Waals surface area (Å²) in [6, 6.07) is 5.51. The largest absolute Gasteiger partial charge is 0.443 e. The second kappa shape index (κ2) is 5.01. The lowest BCUT2D eigenvalue weighted by atomic mass is 9.89. The molecule has 2 rings (SSSR count). The zero-order valence-corrected chi connectivity index (χ0v) is 11.5. The number of nitrogens with two attached hydrogens (primary N) is 1. The fraction of sp³-hybridized carbons (Fsp3) is 0.429. The SMILES string of the molecule is CN(C(=O)CC(C)(C)CN)c1ccc2ncoc2c1. The summed E-state index contributed by atoms with van der Waals surface area (Å²) in [5.41, 5.74) is 7.72. The molecule has 1 heterocycles. The molecule has 0 aliphatic rings. The second-order valence-electron chi connectivity index (χ2n) is 5.50. The van der Waals surface area contributed by atoms with Gasteiger partial charge in [0.1, 0.15) is 5.52 Å². The molecule has 2 aromatic rings. The lowest BCUT2D eigenvalue weighted by Gasteiger charge is -2.25. The molecule has 1 amide bonds. The van der Waals surface area contributed by atoms with Crippen molar-refractivity contribution in [2.45, 2.75) is 20.3 Å². The van der Waals surface area contributed by atoms with Crippen molar-refractivity contribution in [2.24, 2.45) is 11.1 Å². The van der Waals surface area contributed by atoms with Gasteiger partial charge in [-0.15, -0.1) is 0 Å². The highest BCUT2D eigenvalue weighted by Crippen LogP contribution is 2.24. The molecule has 5 nitrogen and oxygen atoms in total. The van der Waals surface area contributed by atoms with Crippen LogP contribution in [0.3, 0.4) is 0 Å². The van der Waals surface area contributed by atoms with Crippen molar-refractivity contribution in [3.8, 4) is 0 Å². The summed E-state index contributed by atoms with van der Waals surface area (Å²) in [4.78, 5) is 17.9. The number of carbonyl (C=O) groups excluding carboxylic acids is 1. The first-order chi connectivity index (χ1) is 8.93. The first kappa shape index (κ1) is 13.5. The molecule has 1 aromatic carbocycles. The standard InChI is InChI=1S/C14H19N3O2/c1-14(2,8-15)7-13(18)17(3)10-4-5-11-12(6-10)19-9-16-11/h4-6,9H,7-8,15H2,1-3H3. The van der Waals surface area contributed by atoms with E-state index in [-0.39, 0.29) is 11.3 Å². The van der Waals surface area contributed by atoms with Crippen molar-refractivity contribution < 1.29 is 9.21 Å². The Morgan fingerprint density at radius 2 is 2.21 bits per heavy atom. The maximum atomic E-state index is 12.2. The number of benzene rings is 1. The minimum atomic E-state index is -0.193. The van der Waals surface area contributed by atoms with Gasteiger partial charge in [0.2, 0.25) is 5.91 Å². The van der Waals surface area contributed by atoms with Crippen LogP contribution in [0.15, 0.2) is 29.0 Å². The van der Waals surface area contributed by atoms with Gasteiger partial charge in [0, 0.05) is 25.2 Å². The first-order valence-electron chi connectivity index (χ1n) is 6.23. The molecule has 0 bridgehead atoms. The van der Waals surface area contributed by atoms with Crippen molar-refractivity contribution in [3.63, 3.8) is 0 Å². The van der Waals surface area contributed by atoms with E-state index >= 15 is 0 Å². The van der Waals surface area contributed by atoms with E-state index in [1.54, 1.807) is 11.9 Å². The van der Waals surface area contributed by atoms with Crippen LogP contribution in [0.25, 0.3) is 11.1 Å². The Labute approximate surface area is 112 Å². The Kier molecular flexibility index (Phi) is 3.57. The van der Waals surface area contributed by atoms with Crippen LogP contribution in [0.5, 0.6) is 0 Å². The smallest absolute Gasteiger partial charge is 0.227 e. The average Bonchev–Trinajstić information content (AvgIpc) is 2.84. The van der Waals surface area contributed by atoms with Crippen molar-refractivity contribution >= 4 is 22.7 Å². The lowest BCUT2D eigenvalue weighted by Crippen LogP contribution is -2.34. The summed E-state index contributed by atoms with van der Waals surface area (Å²) >= 11 is 0. The maximum absolute atomic E-state index is 12.2. The topological polar surface area (TPSA) is 72.4 Å². The number of anilines is 1. The van der Waals surface area contributed by atoms with Crippen LogP contribution in [0.4, 0.5) is 5.69 Å². The van der Waals surface area contributed by atoms with Crippen LogP contribution in [-0.2, 0) is 4.79 Å². The third kappa shape index (κ3) is 2.93. The Morgan fingerprint density at radius 3 is 2.89 bits per heavy atom. The van der Waals surface area contributed by atoms with Gasteiger partial charge in [-0.3, -0.25) is 4.79 Å². The summed E-state index contributed by atoms with van der Waals surface area (Å²) in [6.45, 7) is 4.45. The number of oxazole rings is 1. The minimum absolute atomic E-state index is 0.0364. The number of hydrogen-bond acceptors (Lipinski definition) is 4. The van der Waals surface area contributed by atoms with E-state index in [9.17, 15) is 4.79 Å². The molecule has 0 aliphatic carbocycles. The van der Waals surface area contributed by atoms with Gasteiger partial charge in [-0.2, -0.15) is 0 Å². The molecule has 102 valence electrons. The number of hydrogen-bond donors (Lipinski definition) is 1. The van der Waals surface area contributed by atoms with Crippen LogP contribution in [0, 0.1) is 5.41 Å². The van der Waals surface area contributed by atoms with Gasteiger partial charge in [0.25, 0.3) is 0 Å². The molecule has 5 heteroatoms. The predicted molar refractivity (Wildman–Crippen MR) is 74.9 cm³/mol. The molecule has 0 radical (unpaired) electrons. The number of nitrogens with zero attached hydrogens (tertiary/aromatic N) is 2. The lowest BCUT2D eigenvalue weighted by molar-refractivity contribution is -0.120. The molecular formula is C14H19N3O2. The van der Waals surface area contributed by atoms with Crippen molar-refractivity contribution in [1.29, 1.82) is 0 Å². The molecule has 0 unspecified atom stereocenters. The van der Waals surface area contributed by atoms with Gasteiger partial charge in [0.15, 0.2) is 12.0 Å². The number of rotatable bonds is 4. The van der Waals surface area contributed by atoms with E-state index in [2.05, 4.69) is 4.98 Å². The molecule has 0 atom stereocenters. The molecule has 0 spiro atoms. The van der Waals surface area contributed by atoms with Crippen molar-refractivity contribution in [2.75, 3.05) is 18.5 Å². The zero-order chi connectivity index (χ0) is 14.0. The highest BCUT2D eigenvalue weighted by Gasteiger charge is 2.23. The molecule has 0 aliphatic heterocycles. The van der Waals surface area contributed by atoms with Crippen molar-refractivity contribution in [1.82, 2.24) is 4.98 Å². The number of amides is 1. The van der Waals surface area contributed by atoms with Gasteiger partial charge in [0.05, 0.1) is 0 Å². The molecule has 1 aromatic heterocycles. The second-order valence-corrected chi connectivity index (χ2v) is 5.50. The predicted octanol–water partition coefficient (Wildman–Crippen LogP) is 2.17. The fourth-order valence-corrected chi connectivity index (χ4v) is 1.80. The van der Waals surface area contributed by atoms with Gasteiger partial charge in [-0.1, -0.05) is 13.8 Å². The van der Waals surface area contributed by atoms with E-state index in [1.807, 2.05) is 32.0 Å². The summed E-state index contributed by atoms with van der Waals surface area (Å²) in [5.74, 6) is 0.0364. The highest BCUT2D eigenvalue weighted by molar-refractivity contribution is 5.94. The van der Waals surface area contributed by atoms with E-state index in [4.69, 9.17) is 10.2 Å². The van der Waals surface area contributed by atoms with Crippen molar-refractivity contribution in [3.05, 3.63) is 24.6 Å². The van der Waals surface area contributed by atoms with Gasteiger partial charge >= 0.3 is 0 Å². The minimum Gasteiger partial charge on any atom is -0.443 e. The Balaban J connectivity index is 2.18. The fourth-order valence-electron chi connectivity index (χ4n) is 1.80. The Morgan fingerprint density at radius 1 is 1.47 bits per heavy atom. The number of fused-ring (bicyclic) bond motifs is 1. The maximum Gasteiger partial charge on any atom is 0.227 e. The molecule has 19 heavy (non-hydrogen) atoms. The van der Waals surface area contributed by atoms with Crippen LogP contribution in [0.2, 0.25) is 0 Å². The highest BCUT2D eigenvalue weighted by atomic mass is 16.3. The molecule has 0 saturated heterocycles. The Bertz CT molecular complexity index is 589. The molecule has 2 N–H and O–H groups in total. The quantitative estimate of drug-likeness (QED) is 0.915. The normalized spacial score (nSPS) is 11.8. The van der Waals surface area contributed by atoms with E-state index in [0.29, 0.717) is 18.5 Å². The van der Waals surface area contributed by atoms with E-state index < -0.39 is 0 Å². The van der Waals surface area contributed by atoms with Gasteiger partial charge in [-0.25, -0.2) is 4.98 Å². The van der Waals surface area contributed by atoms with Crippen LogP contribution >= 0.6 is 0 Å². The first-order valence-corrected chi connectivity index (χ1v) is 6.23. The zero-order valence-electron chi connectivity index (χ0n) is 11.5. The third-order valence-corrected chi connectivity index (χ3v) is 3.26. The van der Waals surface area contributed by atoms with Crippen LogP contribution in [-0.4, -0.2) is 24.5 Å². The molecule has 0 saturated carbocycles. The average molecular weight is 261 g/mol.